The molecule has 0 saturated carbocycles. The van der Waals surface area contributed by atoms with E-state index in [2.05, 4.69) is 4.98 Å². The van der Waals surface area contributed by atoms with Crippen molar-refractivity contribution < 1.29 is 8.81 Å². The first kappa shape index (κ1) is 7.49. The van der Waals surface area contributed by atoms with E-state index in [1.54, 1.807) is 18.2 Å². The average Bonchev–Trinajstić information content (AvgIpc) is 2.44. The summed E-state index contributed by atoms with van der Waals surface area (Å²) in [6.07, 6.45) is 0. The summed E-state index contributed by atoms with van der Waals surface area (Å²) in [7, 11) is 0. The van der Waals surface area contributed by atoms with E-state index < -0.39 is 6.67 Å². The van der Waals surface area contributed by atoms with Crippen molar-refractivity contribution in [1.29, 1.82) is 0 Å². The number of oxazole rings is 1. The topological polar surface area (TPSA) is 28.9 Å². The fraction of sp³-hybridized carbons (Fsp3) is 0.125. The third-order valence-electron chi connectivity index (χ3n) is 1.67. The number of halogens is 1. The van der Waals surface area contributed by atoms with Gasteiger partial charge < -0.3 is 9.40 Å². The average molecular weight is 183 g/mol. The van der Waals surface area contributed by atoms with Crippen LogP contribution < -0.4 is 0 Å². The third kappa shape index (κ3) is 1.04. The number of rotatable bonds is 1. The minimum absolute atomic E-state index is 0.283. The van der Waals surface area contributed by atoms with Gasteiger partial charge in [-0.25, -0.2) is 4.39 Å². The predicted octanol–water partition coefficient (Wildman–Crippen LogP) is 2.96. The van der Waals surface area contributed by atoms with E-state index in [1.807, 2.05) is 0 Å². The summed E-state index contributed by atoms with van der Waals surface area (Å²) in [6, 6.07) is 5.24. The molecule has 4 heteroatoms. The highest BCUT2D eigenvalue weighted by Gasteiger charge is 2.03. The molecule has 12 heavy (non-hydrogen) atoms. The molecule has 0 spiro atoms. The molecule has 1 aromatic heterocycles. The summed E-state index contributed by atoms with van der Waals surface area (Å²) in [5.41, 5.74) is 1.79. The van der Waals surface area contributed by atoms with Crippen LogP contribution in [0.25, 0.3) is 11.1 Å². The van der Waals surface area contributed by atoms with Gasteiger partial charge in [0.05, 0.1) is 5.52 Å². The summed E-state index contributed by atoms with van der Waals surface area (Å²) >= 11 is 4.78. The zero-order chi connectivity index (χ0) is 8.55. The van der Waals surface area contributed by atoms with Crippen molar-refractivity contribution in [3.05, 3.63) is 28.6 Å². The minimum atomic E-state index is -0.534. The smallest absolute Gasteiger partial charge is 0.266 e. The van der Waals surface area contributed by atoms with Crippen LogP contribution in [-0.2, 0) is 6.67 Å². The predicted molar refractivity (Wildman–Crippen MR) is 46.2 cm³/mol. The maximum Gasteiger partial charge on any atom is 0.266 e. The lowest BCUT2D eigenvalue weighted by Gasteiger charge is -1.92. The Morgan fingerprint density at radius 1 is 1.50 bits per heavy atom. The van der Waals surface area contributed by atoms with Gasteiger partial charge >= 0.3 is 0 Å². The quantitative estimate of drug-likeness (QED) is 0.688. The summed E-state index contributed by atoms with van der Waals surface area (Å²) < 4.78 is 17.5. The Kier molecular flexibility index (Phi) is 1.69. The third-order valence-corrected chi connectivity index (χ3v) is 1.86. The molecule has 2 nitrogen and oxygen atoms in total. The molecule has 0 bridgehead atoms. The molecule has 1 aromatic carbocycles. The molecule has 0 aliphatic rings. The zero-order valence-corrected chi connectivity index (χ0v) is 6.95. The monoisotopic (exact) mass is 183 g/mol. The molecular formula is C8H6FNOS. The number of hydrogen-bond acceptors (Lipinski definition) is 2. The summed E-state index contributed by atoms with van der Waals surface area (Å²) in [5, 5.41) is 0. The highest BCUT2D eigenvalue weighted by atomic mass is 32.1. The van der Waals surface area contributed by atoms with Crippen molar-refractivity contribution in [1.82, 2.24) is 4.98 Å². The molecule has 0 aliphatic carbocycles. The molecule has 1 N–H and O–H groups in total. The van der Waals surface area contributed by atoms with Gasteiger partial charge in [0.2, 0.25) is 0 Å². The van der Waals surface area contributed by atoms with Gasteiger partial charge in [-0.3, -0.25) is 0 Å². The lowest BCUT2D eigenvalue weighted by molar-refractivity contribution is 0.479. The van der Waals surface area contributed by atoms with E-state index >= 15 is 0 Å². The first-order chi connectivity index (χ1) is 5.81. The van der Waals surface area contributed by atoms with Crippen LogP contribution in [0, 0.1) is 4.84 Å². The van der Waals surface area contributed by atoms with Crippen molar-refractivity contribution in [2.75, 3.05) is 0 Å². The fourth-order valence-corrected chi connectivity index (χ4v) is 1.33. The van der Waals surface area contributed by atoms with Gasteiger partial charge in [-0.15, -0.1) is 0 Å². The van der Waals surface area contributed by atoms with Gasteiger partial charge in [-0.1, -0.05) is 12.1 Å². The van der Waals surface area contributed by atoms with Crippen LogP contribution in [0.15, 0.2) is 22.6 Å². The molecule has 62 valence electrons. The molecule has 0 aliphatic heterocycles. The van der Waals surface area contributed by atoms with Crippen molar-refractivity contribution in [3.8, 4) is 0 Å². The van der Waals surface area contributed by atoms with Gasteiger partial charge in [0.25, 0.3) is 4.84 Å². The van der Waals surface area contributed by atoms with Gasteiger partial charge in [0.15, 0.2) is 5.58 Å². The second kappa shape index (κ2) is 2.71. The van der Waals surface area contributed by atoms with Gasteiger partial charge in [-0.2, -0.15) is 0 Å². The van der Waals surface area contributed by atoms with Crippen LogP contribution in [0.2, 0.25) is 0 Å². The van der Waals surface area contributed by atoms with E-state index in [1.165, 1.54) is 0 Å². The molecule has 0 saturated heterocycles. The maximum absolute atomic E-state index is 12.4. The number of para-hydroxylation sites is 1. The van der Waals surface area contributed by atoms with E-state index in [-0.39, 0.29) is 4.84 Å². The zero-order valence-electron chi connectivity index (χ0n) is 6.13. The lowest BCUT2D eigenvalue weighted by Crippen LogP contribution is -1.77. The fourth-order valence-electron chi connectivity index (χ4n) is 1.14. The summed E-state index contributed by atoms with van der Waals surface area (Å²) in [6.45, 7) is -0.534. The molecule has 2 rings (SSSR count). The molecule has 0 radical (unpaired) electrons. The van der Waals surface area contributed by atoms with Crippen LogP contribution in [0.5, 0.6) is 0 Å². The van der Waals surface area contributed by atoms with Crippen LogP contribution in [-0.4, -0.2) is 4.98 Å². The maximum atomic E-state index is 12.4. The van der Waals surface area contributed by atoms with E-state index in [4.69, 9.17) is 16.6 Å². The molecule has 2 aromatic rings. The second-order valence-corrected chi connectivity index (χ2v) is 2.81. The lowest BCUT2D eigenvalue weighted by atomic mass is 10.2. The molecule has 0 fully saturated rings. The normalized spacial score (nSPS) is 10.8. The van der Waals surface area contributed by atoms with Crippen molar-refractivity contribution >= 4 is 23.3 Å². The number of nitrogens with one attached hydrogen (secondary N) is 1. The van der Waals surface area contributed by atoms with E-state index in [0.717, 1.165) is 5.52 Å². The number of alkyl halides is 1. The Labute approximate surface area is 73.0 Å². The van der Waals surface area contributed by atoms with Crippen molar-refractivity contribution in [2.45, 2.75) is 6.67 Å². The highest BCUT2D eigenvalue weighted by Crippen LogP contribution is 2.18. The number of H-pyrrole nitrogens is 1. The van der Waals surface area contributed by atoms with Crippen molar-refractivity contribution in [3.63, 3.8) is 0 Å². The SMILES string of the molecule is FCc1cccc2[nH]c(=S)oc12. The molecule has 0 atom stereocenters. The van der Waals surface area contributed by atoms with Gasteiger partial charge in [0, 0.05) is 5.56 Å². The molecule has 0 unspecified atom stereocenters. The number of benzene rings is 1. The number of aromatic amines is 1. The molecule has 1 heterocycles. The Morgan fingerprint density at radius 3 is 3.08 bits per heavy atom. The number of hydrogen-bond donors (Lipinski definition) is 1. The number of aromatic nitrogens is 1. The van der Waals surface area contributed by atoms with Gasteiger partial charge in [-0.05, 0) is 18.3 Å². The Balaban J connectivity index is 2.87. The number of fused-ring (bicyclic) bond motifs is 1. The van der Waals surface area contributed by atoms with Crippen LogP contribution in [0.1, 0.15) is 5.56 Å². The first-order valence-corrected chi connectivity index (χ1v) is 3.89. The Morgan fingerprint density at radius 2 is 2.33 bits per heavy atom. The first-order valence-electron chi connectivity index (χ1n) is 3.48. The van der Waals surface area contributed by atoms with E-state index in [9.17, 15) is 4.39 Å². The summed E-state index contributed by atoms with van der Waals surface area (Å²) in [5.74, 6) is 0. The minimum Gasteiger partial charge on any atom is -0.429 e. The van der Waals surface area contributed by atoms with Crippen LogP contribution in [0.4, 0.5) is 4.39 Å². The van der Waals surface area contributed by atoms with Gasteiger partial charge in [0.1, 0.15) is 6.67 Å². The Hall–Kier alpha value is -1.16. The van der Waals surface area contributed by atoms with Crippen LogP contribution >= 0.6 is 12.2 Å². The second-order valence-electron chi connectivity index (χ2n) is 2.44. The standard InChI is InChI=1S/C8H6FNOS/c9-4-5-2-1-3-6-7(5)11-8(12)10-6/h1-3H,4H2,(H,10,12). The Bertz CT molecular complexity index is 459. The highest BCUT2D eigenvalue weighted by molar-refractivity contribution is 7.71. The van der Waals surface area contributed by atoms with Crippen molar-refractivity contribution in [2.24, 2.45) is 0 Å². The summed E-state index contributed by atoms with van der Waals surface area (Å²) in [4.78, 5) is 3.10. The molecule has 0 amide bonds. The largest absolute Gasteiger partial charge is 0.429 e. The van der Waals surface area contributed by atoms with Crippen LogP contribution in [0.3, 0.4) is 0 Å². The van der Waals surface area contributed by atoms with E-state index in [0.29, 0.717) is 11.1 Å². The molecular weight excluding hydrogens is 177 g/mol.